The second-order valence-electron chi connectivity index (χ2n) is 23.7. The molecule has 0 saturated heterocycles. The van der Waals surface area contributed by atoms with E-state index in [1.807, 2.05) is 0 Å². The lowest BCUT2D eigenvalue weighted by atomic mass is 10.0. The highest BCUT2D eigenvalue weighted by Gasteiger charge is 2.19. The molecule has 0 aliphatic heterocycles. The zero-order valence-electron chi connectivity index (χ0n) is 54.5. The van der Waals surface area contributed by atoms with Crippen LogP contribution in [-0.4, -0.2) is 37.2 Å². The van der Waals surface area contributed by atoms with Crippen LogP contribution in [0.3, 0.4) is 0 Å². The summed E-state index contributed by atoms with van der Waals surface area (Å²) >= 11 is 0. The lowest BCUT2D eigenvalue weighted by Gasteiger charge is -2.18. The Labute approximate surface area is 509 Å². The molecule has 0 aliphatic carbocycles. The van der Waals surface area contributed by atoms with Crippen LogP contribution >= 0.6 is 0 Å². The summed E-state index contributed by atoms with van der Waals surface area (Å²) in [4.78, 5) is 38.4. The third kappa shape index (κ3) is 67.4. The zero-order valence-corrected chi connectivity index (χ0v) is 54.5. The number of carbonyl (C=O) groups is 3. The fourth-order valence-corrected chi connectivity index (χ4v) is 10.4. The average Bonchev–Trinajstić information content (AvgIpc) is 3.47. The Bertz CT molecular complexity index is 1550. The minimum absolute atomic E-state index is 0.0830. The number of allylic oxidation sites excluding steroid dienone is 14. The smallest absolute Gasteiger partial charge is 0.306 e. The largest absolute Gasteiger partial charge is 0.462 e. The van der Waals surface area contributed by atoms with Crippen LogP contribution in [0.4, 0.5) is 0 Å². The van der Waals surface area contributed by atoms with Gasteiger partial charge in [0.1, 0.15) is 13.2 Å². The minimum atomic E-state index is -0.790. The second kappa shape index (κ2) is 70.1. The Kier molecular flexibility index (Phi) is 67.2. The van der Waals surface area contributed by atoms with Crippen LogP contribution in [0, 0.1) is 0 Å². The van der Waals surface area contributed by atoms with Crippen LogP contribution in [0.15, 0.2) is 85.1 Å². The molecule has 0 amide bonds. The SMILES string of the molecule is CC/C=C\C/C=C\C/C=C\C/C=C\CCCCCCCCCCCCCCC(=O)OC(COC(=O)CCCCC/C=C\C/C=C\C/C=C\CC)COC(=O)CCCCCCCCCCCCCCCCCCCCCCCCCCCC. The van der Waals surface area contributed by atoms with Crippen LogP contribution < -0.4 is 0 Å². The maximum Gasteiger partial charge on any atom is 0.306 e. The van der Waals surface area contributed by atoms with Crippen molar-refractivity contribution in [2.24, 2.45) is 0 Å². The Morgan fingerprint density at radius 1 is 0.256 bits per heavy atom. The molecule has 0 rings (SSSR count). The lowest BCUT2D eigenvalue weighted by Crippen LogP contribution is -2.30. The van der Waals surface area contributed by atoms with Gasteiger partial charge in [0.25, 0.3) is 0 Å². The molecule has 0 aromatic carbocycles. The van der Waals surface area contributed by atoms with Crippen LogP contribution in [0.1, 0.15) is 361 Å². The van der Waals surface area contributed by atoms with Gasteiger partial charge in [-0.1, -0.05) is 337 Å². The topological polar surface area (TPSA) is 78.9 Å². The van der Waals surface area contributed by atoms with E-state index in [0.717, 1.165) is 109 Å². The minimum Gasteiger partial charge on any atom is -0.462 e. The van der Waals surface area contributed by atoms with Crippen molar-refractivity contribution in [2.75, 3.05) is 13.2 Å². The molecule has 0 aromatic rings. The standard InChI is InChI=1S/C76H134O6/c1-4-7-10-13-16-19-22-25-27-29-31-33-35-37-39-40-42-44-46-48-51-54-57-60-63-66-69-75(78)81-72-73(71-80-74(77)68-65-62-59-56-53-50-24-21-18-15-12-9-6-3)82-76(79)70-67-64-61-58-55-52-49-47-45-43-41-38-36-34-32-30-28-26-23-20-17-14-11-8-5-2/h8-9,11-12,17-18,20-21,26,28,32,34,50,53,73H,4-7,10,13-16,19,22-25,27,29-31,33,35-49,51-52,54-72H2,1-3H3/b11-8-,12-9-,20-17-,21-18-,28-26-,34-32-,53-50-. The molecular formula is C76H134O6. The van der Waals surface area contributed by atoms with Crippen molar-refractivity contribution in [3.8, 4) is 0 Å². The summed E-state index contributed by atoms with van der Waals surface area (Å²) in [6, 6.07) is 0. The predicted octanol–water partition coefficient (Wildman–Crippen LogP) is 24.6. The molecule has 0 heterocycles. The van der Waals surface area contributed by atoms with Crippen LogP contribution in [0.25, 0.3) is 0 Å². The van der Waals surface area contributed by atoms with Gasteiger partial charge in [0, 0.05) is 19.3 Å². The number of ether oxygens (including phenoxy) is 3. The Balaban J connectivity index is 4.25. The van der Waals surface area contributed by atoms with Gasteiger partial charge in [-0.3, -0.25) is 14.4 Å². The number of hydrogen-bond donors (Lipinski definition) is 0. The quantitative estimate of drug-likeness (QED) is 0.0261. The van der Waals surface area contributed by atoms with Crippen molar-refractivity contribution >= 4 is 17.9 Å². The molecule has 0 aromatic heterocycles. The van der Waals surface area contributed by atoms with Gasteiger partial charge in [-0.25, -0.2) is 0 Å². The molecule has 0 radical (unpaired) electrons. The lowest BCUT2D eigenvalue weighted by molar-refractivity contribution is -0.167. The van der Waals surface area contributed by atoms with E-state index in [-0.39, 0.29) is 31.1 Å². The molecule has 1 atom stereocenters. The Morgan fingerprint density at radius 2 is 0.476 bits per heavy atom. The first kappa shape index (κ1) is 78.6. The summed E-state index contributed by atoms with van der Waals surface area (Å²) < 4.78 is 17.0. The Morgan fingerprint density at radius 3 is 0.756 bits per heavy atom. The molecule has 6 heteroatoms. The summed E-state index contributed by atoms with van der Waals surface area (Å²) in [5, 5.41) is 0. The second-order valence-corrected chi connectivity index (χ2v) is 23.7. The third-order valence-corrected chi connectivity index (χ3v) is 15.6. The fraction of sp³-hybridized carbons (Fsp3) is 0.776. The number of esters is 3. The van der Waals surface area contributed by atoms with E-state index >= 15 is 0 Å². The number of hydrogen-bond acceptors (Lipinski definition) is 6. The molecule has 6 nitrogen and oxygen atoms in total. The highest BCUT2D eigenvalue weighted by atomic mass is 16.6. The first-order valence-electron chi connectivity index (χ1n) is 35.6. The maximum absolute atomic E-state index is 13.0. The number of rotatable bonds is 65. The molecule has 0 fully saturated rings. The van der Waals surface area contributed by atoms with Crippen molar-refractivity contribution in [3.63, 3.8) is 0 Å². The van der Waals surface area contributed by atoms with Gasteiger partial charge in [-0.2, -0.15) is 0 Å². The molecule has 0 N–H and O–H groups in total. The fourth-order valence-electron chi connectivity index (χ4n) is 10.4. The molecular weight excluding hydrogens is 1010 g/mol. The highest BCUT2D eigenvalue weighted by Crippen LogP contribution is 2.18. The van der Waals surface area contributed by atoms with E-state index in [9.17, 15) is 14.4 Å². The van der Waals surface area contributed by atoms with Crippen molar-refractivity contribution in [3.05, 3.63) is 85.1 Å². The molecule has 0 saturated carbocycles. The van der Waals surface area contributed by atoms with E-state index in [1.165, 1.54) is 212 Å². The summed E-state index contributed by atoms with van der Waals surface area (Å²) in [6.45, 7) is 6.44. The van der Waals surface area contributed by atoms with Gasteiger partial charge < -0.3 is 14.2 Å². The van der Waals surface area contributed by atoms with Crippen LogP contribution in [-0.2, 0) is 28.6 Å². The van der Waals surface area contributed by atoms with E-state index < -0.39 is 6.10 Å². The van der Waals surface area contributed by atoms with Crippen molar-refractivity contribution < 1.29 is 28.6 Å². The van der Waals surface area contributed by atoms with Crippen LogP contribution in [0.5, 0.6) is 0 Å². The van der Waals surface area contributed by atoms with E-state index in [2.05, 4.69) is 106 Å². The van der Waals surface area contributed by atoms with Crippen LogP contribution in [0.2, 0.25) is 0 Å². The molecule has 82 heavy (non-hydrogen) atoms. The molecule has 0 aliphatic rings. The van der Waals surface area contributed by atoms with E-state index in [0.29, 0.717) is 19.3 Å². The number of carbonyl (C=O) groups excluding carboxylic acids is 3. The van der Waals surface area contributed by atoms with Gasteiger partial charge in [0.15, 0.2) is 6.10 Å². The average molecular weight is 1140 g/mol. The molecule has 0 bridgehead atoms. The summed E-state index contributed by atoms with van der Waals surface area (Å²) in [5.41, 5.74) is 0. The first-order valence-corrected chi connectivity index (χ1v) is 35.6. The summed E-state index contributed by atoms with van der Waals surface area (Å²) in [5.74, 6) is -0.897. The van der Waals surface area contributed by atoms with Gasteiger partial charge >= 0.3 is 17.9 Å². The van der Waals surface area contributed by atoms with Gasteiger partial charge in [0.2, 0.25) is 0 Å². The molecule has 1 unspecified atom stereocenters. The monoisotopic (exact) mass is 1140 g/mol. The Hall–Kier alpha value is -3.41. The maximum atomic E-state index is 13.0. The van der Waals surface area contributed by atoms with Crippen molar-refractivity contribution in [2.45, 2.75) is 367 Å². The van der Waals surface area contributed by atoms with Crippen molar-refractivity contribution in [1.29, 1.82) is 0 Å². The van der Waals surface area contributed by atoms with Crippen molar-refractivity contribution in [1.82, 2.24) is 0 Å². The van der Waals surface area contributed by atoms with Gasteiger partial charge in [-0.05, 0) is 89.9 Å². The molecule has 474 valence electrons. The number of unbranched alkanes of at least 4 members (excludes halogenated alkanes) is 40. The first-order chi connectivity index (χ1) is 40.5. The van der Waals surface area contributed by atoms with E-state index in [4.69, 9.17) is 14.2 Å². The van der Waals surface area contributed by atoms with Gasteiger partial charge in [0.05, 0.1) is 0 Å². The summed E-state index contributed by atoms with van der Waals surface area (Å²) in [6.07, 6.45) is 93.4. The van der Waals surface area contributed by atoms with Gasteiger partial charge in [-0.15, -0.1) is 0 Å². The van der Waals surface area contributed by atoms with E-state index in [1.54, 1.807) is 0 Å². The predicted molar refractivity (Wildman–Crippen MR) is 358 cm³/mol. The highest BCUT2D eigenvalue weighted by molar-refractivity contribution is 5.71. The zero-order chi connectivity index (χ0) is 59.2. The summed E-state index contributed by atoms with van der Waals surface area (Å²) in [7, 11) is 0. The third-order valence-electron chi connectivity index (χ3n) is 15.6. The normalized spacial score (nSPS) is 12.6. The molecule has 0 spiro atoms.